The molecule has 0 bridgehead atoms. The minimum atomic E-state index is -0.0427. The average molecular weight is 373 g/mol. The summed E-state index contributed by atoms with van der Waals surface area (Å²) in [7, 11) is 0. The van der Waals surface area contributed by atoms with E-state index in [9.17, 15) is 9.59 Å². The maximum atomic E-state index is 12.8. The van der Waals surface area contributed by atoms with Crippen LogP contribution in [0.25, 0.3) is 0 Å². The number of fused-ring (bicyclic) bond motifs is 1. The van der Waals surface area contributed by atoms with Gasteiger partial charge in [-0.1, -0.05) is 37.3 Å². The predicted molar refractivity (Wildman–Crippen MR) is 104 cm³/mol. The number of hydrogen-bond acceptors (Lipinski definition) is 3. The molecule has 3 amide bonds. The highest BCUT2D eigenvalue weighted by atomic mass is 16.5. The third-order valence-electron chi connectivity index (χ3n) is 5.53. The predicted octanol–water partition coefficient (Wildman–Crippen LogP) is 2.33. The minimum absolute atomic E-state index is 0.0124. The molecule has 1 saturated carbocycles. The molecule has 6 heteroatoms. The monoisotopic (exact) mass is 373 g/mol. The molecule has 148 valence electrons. The Balaban J connectivity index is 1.53. The maximum absolute atomic E-state index is 12.8. The van der Waals surface area contributed by atoms with Crippen LogP contribution in [-0.4, -0.2) is 55.2 Å². The third-order valence-corrected chi connectivity index (χ3v) is 5.53. The lowest BCUT2D eigenvalue weighted by Crippen LogP contribution is -2.59. The van der Waals surface area contributed by atoms with Crippen LogP contribution in [0.3, 0.4) is 0 Å². The Morgan fingerprint density at radius 3 is 2.74 bits per heavy atom. The Bertz CT molecular complexity index is 622. The number of morpholine rings is 1. The van der Waals surface area contributed by atoms with E-state index in [1.54, 1.807) is 0 Å². The number of amides is 3. The summed E-state index contributed by atoms with van der Waals surface area (Å²) in [6.45, 7) is 4.52. The summed E-state index contributed by atoms with van der Waals surface area (Å²) in [6.07, 6.45) is 4.15. The number of carbonyl (C=O) groups excluding carboxylic acids is 2. The van der Waals surface area contributed by atoms with Gasteiger partial charge in [0.2, 0.25) is 5.91 Å². The van der Waals surface area contributed by atoms with E-state index >= 15 is 0 Å². The van der Waals surface area contributed by atoms with Crippen LogP contribution in [0.4, 0.5) is 4.79 Å². The number of nitrogens with zero attached hydrogens (tertiary/aromatic N) is 1. The van der Waals surface area contributed by atoms with Gasteiger partial charge >= 0.3 is 6.03 Å². The van der Waals surface area contributed by atoms with Crippen molar-refractivity contribution >= 4 is 11.9 Å². The Morgan fingerprint density at radius 2 is 1.96 bits per heavy atom. The van der Waals surface area contributed by atoms with Gasteiger partial charge in [-0.2, -0.15) is 0 Å². The molecule has 6 nitrogen and oxygen atoms in total. The molecule has 0 unspecified atom stereocenters. The second-order valence-electron chi connectivity index (χ2n) is 7.44. The standard InChI is InChI=1S/C21H31N3O3/c1-2-11-22-20(25)17-8-9-19-18(15-17)24(13-14-27-19)21(26)23-12-10-16-6-4-3-5-7-16/h3-7,17-19H,2,8-15H2,1H3,(H,22,25)(H,23,26)/t17-,18+,19+/m0/s1. The molecule has 0 spiro atoms. The fourth-order valence-corrected chi connectivity index (χ4v) is 4.05. The average Bonchev–Trinajstić information content (AvgIpc) is 2.71. The Morgan fingerprint density at radius 1 is 1.15 bits per heavy atom. The lowest BCUT2D eigenvalue weighted by atomic mass is 9.81. The highest BCUT2D eigenvalue weighted by Gasteiger charge is 2.41. The van der Waals surface area contributed by atoms with Gasteiger partial charge in [-0.3, -0.25) is 4.79 Å². The van der Waals surface area contributed by atoms with Gasteiger partial charge in [0.15, 0.2) is 0 Å². The lowest BCUT2D eigenvalue weighted by molar-refractivity contribution is -0.131. The SMILES string of the molecule is CCCNC(=O)[C@H]1CC[C@H]2OCCN(C(=O)NCCc3ccccc3)[C@@H]2C1. The molecule has 2 aliphatic rings. The van der Waals surface area contributed by atoms with Gasteiger partial charge in [0.05, 0.1) is 18.8 Å². The number of urea groups is 1. The van der Waals surface area contributed by atoms with E-state index in [2.05, 4.69) is 22.8 Å². The molecule has 1 saturated heterocycles. The molecule has 3 rings (SSSR count). The second-order valence-corrected chi connectivity index (χ2v) is 7.44. The van der Waals surface area contributed by atoms with Gasteiger partial charge < -0.3 is 20.3 Å². The number of benzene rings is 1. The molecule has 27 heavy (non-hydrogen) atoms. The zero-order chi connectivity index (χ0) is 19.1. The second kappa shape index (κ2) is 9.74. The summed E-state index contributed by atoms with van der Waals surface area (Å²) in [5, 5.41) is 6.04. The quantitative estimate of drug-likeness (QED) is 0.804. The van der Waals surface area contributed by atoms with Crippen molar-refractivity contribution in [3.8, 4) is 0 Å². The third kappa shape index (κ3) is 5.22. The highest BCUT2D eigenvalue weighted by Crippen LogP contribution is 2.32. The lowest BCUT2D eigenvalue weighted by Gasteiger charge is -2.45. The van der Waals surface area contributed by atoms with E-state index in [4.69, 9.17) is 4.74 Å². The normalized spacial score (nSPS) is 24.8. The van der Waals surface area contributed by atoms with Gasteiger partial charge in [-0.05, 0) is 37.7 Å². The molecular formula is C21H31N3O3. The van der Waals surface area contributed by atoms with Crippen LogP contribution in [0.2, 0.25) is 0 Å². The molecule has 1 aliphatic heterocycles. The molecule has 2 N–H and O–H groups in total. The number of rotatable bonds is 6. The van der Waals surface area contributed by atoms with Crippen molar-refractivity contribution < 1.29 is 14.3 Å². The van der Waals surface area contributed by atoms with Crippen LogP contribution in [0.5, 0.6) is 0 Å². The molecule has 1 aromatic carbocycles. The van der Waals surface area contributed by atoms with E-state index in [0.29, 0.717) is 32.7 Å². The summed E-state index contributed by atoms with van der Waals surface area (Å²) < 4.78 is 5.89. The zero-order valence-electron chi connectivity index (χ0n) is 16.2. The first-order valence-electron chi connectivity index (χ1n) is 10.2. The minimum Gasteiger partial charge on any atom is -0.374 e. The van der Waals surface area contributed by atoms with Crippen molar-refractivity contribution in [1.29, 1.82) is 0 Å². The summed E-state index contributed by atoms with van der Waals surface area (Å²) in [6, 6.07) is 10.1. The van der Waals surface area contributed by atoms with Crippen molar-refractivity contribution in [3.63, 3.8) is 0 Å². The smallest absolute Gasteiger partial charge is 0.317 e. The Labute approximate surface area is 161 Å². The number of ether oxygens (including phenoxy) is 1. The molecule has 3 atom stereocenters. The summed E-state index contributed by atoms with van der Waals surface area (Å²) >= 11 is 0. The van der Waals surface area contributed by atoms with Crippen molar-refractivity contribution in [2.75, 3.05) is 26.2 Å². The molecule has 0 aromatic heterocycles. The summed E-state index contributed by atoms with van der Waals surface area (Å²) in [4.78, 5) is 27.0. The van der Waals surface area contributed by atoms with E-state index in [0.717, 1.165) is 25.7 Å². The van der Waals surface area contributed by atoms with E-state index in [-0.39, 0.29) is 30.0 Å². The van der Waals surface area contributed by atoms with Crippen LogP contribution in [0, 0.1) is 5.92 Å². The Hall–Kier alpha value is -2.08. The van der Waals surface area contributed by atoms with Crippen LogP contribution in [0.15, 0.2) is 30.3 Å². The largest absolute Gasteiger partial charge is 0.374 e. The Kier molecular flexibility index (Phi) is 7.10. The highest BCUT2D eigenvalue weighted by molar-refractivity contribution is 5.79. The zero-order valence-corrected chi connectivity index (χ0v) is 16.2. The molecule has 0 radical (unpaired) electrons. The van der Waals surface area contributed by atoms with Gasteiger partial charge in [0, 0.05) is 25.6 Å². The maximum Gasteiger partial charge on any atom is 0.317 e. The first kappa shape index (κ1) is 19.7. The molecular weight excluding hydrogens is 342 g/mol. The van der Waals surface area contributed by atoms with Gasteiger partial charge in [0.25, 0.3) is 0 Å². The van der Waals surface area contributed by atoms with Crippen LogP contribution < -0.4 is 10.6 Å². The summed E-state index contributed by atoms with van der Waals surface area (Å²) in [5.74, 6) is 0.0874. The summed E-state index contributed by atoms with van der Waals surface area (Å²) in [5.41, 5.74) is 1.21. The fourth-order valence-electron chi connectivity index (χ4n) is 4.05. The van der Waals surface area contributed by atoms with Crippen molar-refractivity contribution in [2.45, 2.75) is 51.2 Å². The van der Waals surface area contributed by atoms with Crippen molar-refractivity contribution in [2.24, 2.45) is 5.92 Å². The molecule has 1 aliphatic carbocycles. The molecule has 1 aromatic rings. The number of carbonyl (C=O) groups is 2. The van der Waals surface area contributed by atoms with Crippen LogP contribution in [-0.2, 0) is 16.0 Å². The van der Waals surface area contributed by atoms with Crippen molar-refractivity contribution in [1.82, 2.24) is 15.5 Å². The number of nitrogens with one attached hydrogen (secondary N) is 2. The first-order chi connectivity index (χ1) is 13.2. The van der Waals surface area contributed by atoms with E-state index in [1.165, 1.54) is 5.56 Å². The van der Waals surface area contributed by atoms with Gasteiger partial charge in [-0.15, -0.1) is 0 Å². The molecule has 1 heterocycles. The van der Waals surface area contributed by atoms with Gasteiger partial charge in [0.1, 0.15) is 0 Å². The molecule has 2 fully saturated rings. The fraction of sp³-hybridized carbons (Fsp3) is 0.619. The topological polar surface area (TPSA) is 70.7 Å². The number of hydrogen-bond donors (Lipinski definition) is 2. The van der Waals surface area contributed by atoms with Gasteiger partial charge in [-0.25, -0.2) is 4.79 Å². The first-order valence-corrected chi connectivity index (χ1v) is 10.2. The van der Waals surface area contributed by atoms with E-state index < -0.39 is 0 Å². The van der Waals surface area contributed by atoms with Crippen molar-refractivity contribution in [3.05, 3.63) is 35.9 Å². The van der Waals surface area contributed by atoms with E-state index in [1.807, 2.05) is 30.0 Å². The van der Waals surface area contributed by atoms with Crippen LogP contribution >= 0.6 is 0 Å². The van der Waals surface area contributed by atoms with Crippen LogP contribution in [0.1, 0.15) is 38.2 Å².